The molecule has 1 heterocycles. The number of nitrogens with zero attached hydrogens (tertiary/aromatic N) is 3. The number of aryl methyl sites for hydroxylation is 1. The lowest BCUT2D eigenvalue weighted by atomic mass is 10.2. The summed E-state index contributed by atoms with van der Waals surface area (Å²) in [7, 11) is 3.91. The van der Waals surface area contributed by atoms with Crippen molar-refractivity contribution in [2.45, 2.75) is 0 Å². The molecule has 0 spiro atoms. The summed E-state index contributed by atoms with van der Waals surface area (Å²) in [5.74, 6) is 0.924. The maximum atomic E-state index is 12.4. The number of hydrogen-bond acceptors (Lipinski definition) is 2. The normalized spacial score (nSPS) is 11.1. The molecule has 0 fully saturated rings. The third kappa shape index (κ3) is 2.73. The first-order chi connectivity index (χ1) is 10.6. The van der Waals surface area contributed by atoms with Gasteiger partial charge >= 0.3 is 0 Å². The molecule has 2 aromatic carbocycles. The number of hydrogen-bond donors (Lipinski definition) is 0. The molecule has 1 aromatic heterocycles. The Balaban J connectivity index is 1.99. The maximum absolute atomic E-state index is 12.4. The van der Waals surface area contributed by atoms with Crippen LogP contribution in [0.5, 0.6) is 0 Å². The third-order valence-electron chi connectivity index (χ3n) is 3.83. The van der Waals surface area contributed by atoms with Gasteiger partial charge in [0.15, 0.2) is 0 Å². The molecule has 0 N–H and O–H groups in total. The molecule has 0 amide bonds. The second-order valence-corrected chi connectivity index (χ2v) is 6.20. The van der Waals surface area contributed by atoms with Crippen LogP contribution in [0.1, 0.15) is 0 Å². The number of rotatable bonds is 4. The smallest absolute Gasteiger partial charge is 0.140 e. The van der Waals surface area contributed by atoms with E-state index in [4.69, 9.17) is 4.98 Å². The number of aromatic nitrogens is 2. The average molecular weight is 362 g/mol. The van der Waals surface area contributed by atoms with Crippen LogP contribution in [0, 0.1) is 0 Å². The van der Waals surface area contributed by atoms with Crippen LogP contribution in [0.4, 0.5) is 10.1 Å². The molecule has 0 aliphatic rings. The first kappa shape index (κ1) is 15.0. The first-order valence-electron chi connectivity index (χ1n) is 7.09. The van der Waals surface area contributed by atoms with Crippen LogP contribution in [-0.4, -0.2) is 29.8 Å². The number of imidazole rings is 1. The highest BCUT2D eigenvalue weighted by Crippen LogP contribution is 2.27. The molecule has 114 valence electrons. The summed E-state index contributed by atoms with van der Waals surface area (Å²) in [5.41, 5.74) is 4.11. The Morgan fingerprint density at radius 1 is 1.18 bits per heavy atom. The van der Waals surface area contributed by atoms with Crippen molar-refractivity contribution in [3.63, 3.8) is 0 Å². The zero-order valence-electron chi connectivity index (χ0n) is 12.6. The van der Waals surface area contributed by atoms with E-state index in [0.29, 0.717) is 6.54 Å². The lowest BCUT2D eigenvalue weighted by Gasteiger charge is -2.17. The molecule has 0 bridgehead atoms. The summed E-state index contributed by atoms with van der Waals surface area (Å²) in [4.78, 5) is 6.61. The van der Waals surface area contributed by atoms with Gasteiger partial charge in [0, 0.05) is 36.4 Å². The Morgan fingerprint density at radius 2 is 1.91 bits per heavy atom. The fourth-order valence-corrected chi connectivity index (χ4v) is 2.90. The zero-order chi connectivity index (χ0) is 15.7. The van der Waals surface area contributed by atoms with E-state index in [-0.39, 0.29) is 6.67 Å². The number of anilines is 1. The van der Waals surface area contributed by atoms with Crippen molar-refractivity contribution >= 4 is 32.7 Å². The molecule has 0 saturated heterocycles. The molecule has 3 aromatic rings. The SMILES string of the molecule is CN(CCF)c1ccc(-c2nc3cc(Br)ccc3n2C)cc1. The minimum atomic E-state index is -0.349. The van der Waals surface area contributed by atoms with Crippen LogP contribution in [0.15, 0.2) is 46.9 Å². The molecule has 5 heteroatoms. The van der Waals surface area contributed by atoms with E-state index in [0.717, 1.165) is 32.6 Å². The summed E-state index contributed by atoms with van der Waals surface area (Å²) in [6.45, 7) is 0.0531. The molecule has 0 saturated carbocycles. The molecule has 0 atom stereocenters. The average Bonchev–Trinajstić information content (AvgIpc) is 2.84. The van der Waals surface area contributed by atoms with Gasteiger partial charge in [-0.05, 0) is 42.5 Å². The van der Waals surface area contributed by atoms with Gasteiger partial charge in [-0.2, -0.15) is 0 Å². The Bertz CT molecular complexity index is 796. The van der Waals surface area contributed by atoms with E-state index in [1.165, 1.54) is 0 Å². The summed E-state index contributed by atoms with van der Waals surface area (Å²) < 4.78 is 15.5. The van der Waals surface area contributed by atoms with Gasteiger partial charge in [-0.1, -0.05) is 15.9 Å². The van der Waals surface area contributed by atoms with Crippen molar-refractivity contribution in [1.82, 2.24) is 9.55 Å². The maximum Gasteiger partial charge on any atom is 0.140 e. The standard InChI is InChI=1S/C17H17BrFN3/c1-21(10-9-19)14-6-3-12(4-7-14)17-20-15-11-13(18)5-8-16(15)22(17)2/h3-8,11H,9-10H2,1-2H3. The number of alkyl halides is 1. The van der Waals surface area contributed by atoms with Gasteiger partial charge < -0.3 is 9.47 Å². The van der Waals surface area contributed by atoms with E-state index in [2.05, 4.69) is 26.6 Å². The van der Waals surface area contributed by atoms with Crippen molar-refractivity contribution in [2.75, 3.05) is 25.2 Å². The van der Waals surface area contributed by atoms with Crippen LogP contribution >= 0.6 is 15.9 Å². The molecule has 22 heavy (non-hydrogen) atoms. The minimum Gasteiger partial charge on any atom is -0.372 e. The highest BCUT2D eigenvalue weighted by atomic mass is 79.9. The van der Waals surface area contributed by atoms with Crippen molar-refractivity contribution in [3.8, 4) is 11.4 Å². The lowest BCUT2D eigenvalue weighted by Crippen LogP contribution is -2.19. The quantitative estimate of drug-likeness (QED) is 0.686. The number of benzene rings is 2. The van der Waals surface area contributed by atoms with E-state index < -0.39 is 0 Å². The summed E-state index contributed by atoms with van der Waals surface area (Å²) in [6, 6.07) is 14.1. The first-order valence-corrected chi connectivity index (χ1v) is 7.89. The topological polar surface area (TPSA) is 21.1 Å². The van der Waals surface area contributed by atoms with Gasteiger partial charge in [0.2, 0.25) is 0 Å². The highest BCUT2D eigenvalue weighted by Gasteiger charge is 2.10. The largest absolute Gasteiger partial charge is 0.372 e. The van der Waals surface area contributed by atoms with Gasteiger partial charge in [0.25, 0.3) is 0 Å². The predicted octanol–water partition coefficient (Wildman–Crippen LogP) is 4.41. The van der Waals surface area contributed by atoms with Crippen molar-refractivity contribution in [3.05, 3.63) is 46.9 Å². The monoisotopic (exact) mass is 361 g/mol. The van der Waals surface area contributed by atoms with Crippen LogP contribution in [0.2, 0.25) is 0 Å². The van der Waals surface area contributed by atoms with Crippen LogP contribution < -0.4 is 4.90 Å². The number of halogens is 2. The molecular formula is C17H17BrFN3. The summed E-state index contributed by atoms with van der Waals surface area (Å²) in [5, 5.41) is 0. The fraction of sp³-hybridized carbons (Fsp3) is 0.235. The van der Waals surface area contributed by atoms with E-state index >= 15 is 0 Å². The summed E-state index contributed by atoms with van der Waals surface area (Å²) in [6.07, 6.45) is 0. The van der Waals surface area contributed by atoms with Crippen molar-refractivity contribution in [2.24, 2.45) is 7.05 Å². The van der Waals surface area contributed by atoms with Gasteiger partial charge in [0.05, 0.1) is 11.0 Å². The fourth-order valence-electron chi connectivity index (χ4n) is 2.55. The molecule has 0 aliphatic heterocycles. The van der Waals surface area contributed by atoms with Gasteiger partial charge in [-0.3, -0.25) is 0 Å². The Hall–Kier alpha value is -1.88. The van der Waals surface area contributed by atoms with E-state index in [9.17, 15) is 4.39 Å². The molecule has 0 unspecified atom stereocenters. The van der Waals surface area contributed by atoms with E-state index in [1.54, 1.807) is 0 Å². The minimum absolute atomic E-state index is 0.349. The van der Waals surface area contributed by atoms with Crippen LogP contribution in [0.3, 0.4) is 0 Å². The Kier molecular flexibility index (Phi) is 4.16. The third-order valence-corrected chi connectivity index (χ3v) is 4.32. The second-order valence-electron chi connectivity index (χ2n) is 5.28. The van der Waals surface area contributed by atoms with Crippen LogP contribution in [-0.2, 0) is 7.05 Å². The zero-order valence-corrected chi connectivity index (χ0v) is 14.1. The van der Waals surface area contributed by atoms with E-state index in [1.807, 2.05) is 55.4 Å². The molecular weight excluding hydrogens is 345 g/mol. The predicted molar refractivity (Wildman–Crippen MR) is 93.1 cm³/mol. The van der Waals surface area contributed by atoms with Gasteiger partial charge in [-0.15, -0.1) is 0 Å². The molecule has 3 nitrogen and oxygen atoms in total. The Morgan fingerprint density at radius 3 is 2.59 bits per heavy atom. The molecule has 3 rings (SSSR count). The molecule has 0 radical (unpaired) electrons. The highest BCUT2D eigenvalue weighted by molar-refractivity contribution is 9.10. The number of fused-ring (bicyclic) bond motifs is 1. The van der Waals surface area contributed by atoms with Crippen molar-refractivity contribution < 1.29 is 4.39 Å². The Labute approximate surface area is 137 Å². The van der Waals surface area contributed by atoms with Gasteiger partial charge in [0.1, 0.15) is 12.5 Å². The van der Waals surface area contributed by atoms with Gasteiger partial charge in [-0.25, -0.2) is 9.37 Å². The van der Waals surface area contributed by atoms with Crippen molar-refractivity contribution in [1.29, 1.82) is 0 Å². The van der Waals surface area contributed by atoms with Crippen LogP contribution in [0.25, 0.3) is 22.4 Å². The summed E-state index contributed by atoms with van der Waals surface area (Å²) >= 11 is 3.48. The molecule has 0 aliphatic carbocycles. The lowest BCUT2D eigenvalue weighted by molar-refractivity contribution is 0.497. The second kappa shape index (κ2) is 6.08.